The van der Waals surface area contributed by atoms with E-state index in [0.29, 0.717) is 17.0 Å². The quantitative estimate of drug-likeness (QED) is 0.515. The van der Waals surface area contributed by atoms with Crippen LogP contribution in [0.5, 0.6) is 0 Å². The number of aromatic amines is 1. The summed E-state index contributed by atoms with van der Waals surface area (Å²) in [6.07, 6.45) is 1.12. The van der Waals surface area contributed by atoms with E-state index in [9.17, 15) is 13.6 Å². The van der Waals surface area contributed by atoms with Crippen molar-refractivity contribution in [2.75, 3.05) is 18.4 Å². The number of rotatable bonds is 3. The van der Waals surface area contributed by atoms with Gasteiger partial charge in [-0.25, -0.2) is 13.8 Å². The molecule has 0 unspecified atom stereocenters. The summed E-state index contributed by atoms with van der Waals surface area (Å²) in [4.78, 5) is 18.7. The highest BCUT2D eigenvalue weighted by atomic mass is 19.3. The Labute approximate surface area is 170 Å². The molecule has 2 aromatic heterocycles. The third-order valence-corrected chi connectivity index (χ3v) is 5.49. The summed E-state index contributed by atoms with van der Waals surface area (Å²) in [5.41, 5.74) is 2.04. The number of nitrogens with zero attached hydrogens (tertiary/aromatic N) is 3. The molecule has 0 aliphatic carbocycles. The van der Waals surface area contributed by atoms with Gasteiger partial charge in [0, 0.05) is 43.4 Å². The fourth-order valence-corrected chi connectivity index (χ4v) is 3.84. The Morgan fingerprint density at radius 1 is 1.07 bits per heavy atom. The van der Waals surface area contributed by atoms with Gasteiger partial charge in [-0.3, -0.25) is 9.89 Å². The lowest BCUT2D eigenvalue weighted by Gasteiger charge is -2.32. The predicted octanol–water partition coefficient (Wildman–Crippen LogP) is 4.73. The maximum atomic E-state index is 13.4. The van der Waals surface area contributed by atoms with Crippen LogP contribution in [0.15, 0.2) is 54.7 Å². The summed E-state index contributed by atoms with van der Waals surface area (Å²) in [5, 5.41) is 13.0. The molecule has 1 aliphatic rings. The molecule has 8 heteroatoms. The van der Waals surface area contributed by atoms with Crippen molar-refractivity contribution in [3.05, 3.63) is 60.3 Å². The number of pyridine rings is 1. The Morgan fingerprint density at radius 3 is 2.73 bits per heavy atom. The second kappa shape index (κ2) is 7.05. The second-order valence-corrected chi connectivity index (χ2v) is 7.49. The van der Waals surface area contributed by atoms with Gasteiger partial charge in [0.1, 0.15) is 0 Å². The first-order chi connectivity index (χ1) is 14.5. The van der Waals surface area contributed by atoms with E-state index in [1.54, 1.807) is 12.3 Å². The van der Waals surface area contributed by atoms with Gasteiger partial charge in [0.05, 0.1) is 5.39 Å². The predicted molar refractivity (Wildman–Crippen MR) is 111 cm³/mol. The summed E-state index contributed by atoms with van der Waals surface area (Å²) < 4.78 is 26.9. The monoisotopic (exact) mass is 407 g/mol. The van der Waals surface area contributed by atoms with Crippen molar-refractivity contribution < 1.29 is 13.6 Å². The Kier molecular flexibility index (Phi) is 4.34. The number of aromatic nitrogens is 3. The number of fused-ring (bicyclic) bond motifs is 2. The molecule has 6 nitrogen and oxygen atoms in total. The summed E-state index contributed by atoms with van der Waals surface area (Å²) in [7, 11) is 0. The smallest absolute Gasteiger partial charge is 0.254 e. The van der Waals surface area contributed by atoms with Crippen LogP contribution in [0.25, 0.3) is 21.8 Å². The number of anilines is 2. The van der Waals surface area contributed by atoms with Crippen molar-refractivity contribution in [1.82, 2.24) is 20.1 Å². The Bertz CT molecular complexity index is 1240. The molecule has 0 saturated carbocycles. The molecule has 4 aromatic rings. The van der Waals surface area contributed by atoms with Gasteiger partial charge in [0.25, 0.3) is 11.8 Å². The number of amides is 1. The summed E-state index contributed by atoms with van der Waals surface area (Å²) in [5.74, 6) is -2.22. The molecule has 2 aromatic carbocycles. The fraction of sp³-hybridized carbons (Fsp3) is 0.227. The zero-order chi connectivity index (χ0) is 20.7. The molecular weight excluding hydrogens is 388 g/mol. The van der Waals surface area contributed by atoms with E-state index in [0.717, 1.165) is 21.8 Å². The van der Waals surface area contributed by atoms with Crippen LogP contribution in [-0.4, -0.2) is 45.0 Å². The number of halogens is 2. The van der Waals surface area contributed by atoms with E-state index in [-0.39, 0.29) is 31.8 Å². The second-order valence-electron chi connectivity index (χ2n) is 7.49. The van der Waals surface area contributed by atoms with Gasteiger partial charge in [0.15, 0.2) is 11.5 Å². The minimum atomic E-state index is -2.68. The maximum absolute atomic E-state index is 13.4. The van der Waals surface area contributed by atoms with Crippen LogP contribution >= 0.6 is 0 Å². The zero-order valence-corrected chi connectivity index (χ0v) is 16.0. The van der Waals surface area contributed by atoms with E-state index in [1.165, 1.54) is 4.90 Å². The van der Waals surface area contributed by atoms with Crippen LogP contribution < -0.4 is 5.32 Å². The molecule has 30 heavy (non-hydrogen) atoms. The van der Waals surface area contributed by atoms with Crippen molar-refractivity contribution in [2.45, 2.75) is 18.8 Å². The third-order valence-electron chi connectivity index (χ3n) is 5.49. The lowest BCUT2D eigenvalue weighted by Crippen LogP contribution is -2.42. The van der Waals surface area contributed by atoms with Crippen LogP contribution in [0.2, 0.25) is 0 Å². The van der Waals surface area contributed by atoms with Crippen LogP contribution in [0, 0.1) is 0 Å². The van der Waals surface area contributed by atoms with Crippen molar-refractivity contribution in [3.63, 3.8) is 0 Å². The molecule has 3 heterocycles. The molecular formula is C22H19F2N5O. The molecule has 1 amide bonds. The van der Waals surface area contributed by atoms with Gasteiger partial charge in [-0.1, -0.05) is 18.2 Å². The van der Waals surface area contributed by atoms with Gasteiger partial charge in [-0.15, -0.1) is 0 Å². The average molecular weight is 407 g/mol. The number of benzene rings is 2. The topological polar surface area (TPSA) is 73.9 Å². The molecule has 2 N–H and O–H groups in total. The van der Waals surface area contributed by atoms with Crippen molar-refractivity contribution in [1.29, 1.82) is 0 Å². The lowest BCUT2D eigenvalue weighted by molar-refractivity contribution is -0.0493. The molecule has 1 aliphatic heterocycles. The normalized spacial score (nSPS) is 16.1. The number of carbonyl (C=O) groups is 1. The minimum absolute atomic E-state index is 0.0716. The van der Waals surface area contributed by atoms with Gasteiger partial charge in [-0.2, -0.15) is 5.10 Å². The van der Waals surface area contributed by atoms with E-state index >= 15 is 0 Å². The minimum Gasteiger partial charge on any atom is -0.338 e. The molecule has 0 bridgehead atoms. The highest BCUT2D eigenvalue weighted by Crippen LogP contribution is 2.31. The molecule has 0 atom stereocenters. The fourth-order valence-electron chi connectivity index (χ4n) is 3.84. The van der Waals surface area contributed by atoms with Gasteiger partial charge < -0.3 is 10.2 Å². The summed E-state index contributed by atoms with van der Waals surface area (Å²) in [6.45, 7) is 0.143. The number of nitrogens with one attached hydrogen (secondary N) is 2. The first-order valence-corrected chi connectivity index (χ1v) is 9.76. The van der Waals surface area contributed by atoms with E-state index in [2.05, 4.69) is 20.5 Å². The number of hydrogen-bond donors (Lipinski definition) is 2. The summed E-state index contributed by atoms with van der Waals surface area (Å²) >= 11 is 0. The van der Waals surface area contributed by atoms with Crippen LogP contribution in [0.1, 0.15) is 23.2 Å². The Morgan fingerprint density at radius 2 is 1.90 bits per heavy atom. The molecule has 152 valence electrons. The van der Waals surface area contributed by atoms with Gasteiger partial charge in [0.2, 0.25) is 0 Å². The third kappa shape index (κ3) is 3.34. The summed E-state index contributed by atoms with van der Waals surface area (Å²) in [6, 6.07) is 14.9. The Balaban J connectivity index is 1.43. The lowest BCUT2D eigenvalue weighted by atomic mass is 10.0. The largest absolute Gasteiger partial charge is 0.338 e. The van der Waals surface area contributed by atoms with Crippen LogP contribution in [-0.2, 0) is 0 Å². The van der Waals surface area contributed by atoms with Crippen LogP contribution in [0.4, 0.5) is 20.3 Å². The highest BCUT2D eigenvalue weighted by molar-refractivity contribution is 6.07. The molecule has 0 spiro atoms. The van der Waals surface area contributed by atoms with Gasteiger partial charge in [-0.05, 0) is 41.1 Å². The van der Waals surface area contributed by atoms with E-state index in [4.69, 9.17) is 0 Å². The Hall–Kier alpha value is -3.55. The number of alkyl halides is 2. The molecule has 5 rings (SSSR count). The van der Waals surface area contributed by atoms with Crippen molar-refractivity contribution in [2.24, 2.45) is 0 Å². The number of piperidine rings is 1. The number of hydrogen-bond acceptors (Lipinski definition) is 4. The van der Waals surface area contributed by atoms with Crippen molar-refractivity contribution >= 4 is 39.2 Å². The van der Waals surface area contributed by atoms with Crippen molar-refractivity contribution in [3.8, 4) is 0 Å². The first-order valence-electron chi connectivity index (χ1n) is 9.76. The first kappa shape index (κ1) is 18.5. The standard InChI is InChI=1S/C22H19F2N5O/c23-22(24)8-11-29(12-9-22)21(30)17-4-1-3-14-13-15(6-7-16(14)17)26-20-18-5-2-10-25-19(18)27-28-20/h1-7,10,13H,8-9,11-12H2,(H2,25,26,27,28). The van der Waals surface area contributed by atoms with E-state index < -0.39 is 5.92 Å². The van der Waals surface area contributed by atoms with Crippen LogP contribution in [0.3, 0.4) is 0 Å². The molecule has 0 radical (unpaired) electrons. The van der Waals surface area contributed by atoms with Gasteiger partial charge >= 0.3 is 0 Å². The average Bonchev–Trinajstić information content (AvgIpc) is 3.15. The maximum Gasteiger partial charge on any atom is 0.254 e. The molecule has 1 saturated heterocycles. The van der Waals surface area contributed by atoms with E-state index in [1.807, 2.05) is 42.5 Å². The highest BCUT2D eigenvalue weighted by Gasteiger charge is 2.36. The number of H-pyrrole nitrogens is 1. The number of likely N-dealkylation sites (tertiary alicyclic amines) is 1. The SMILES string of the molecule is O=C(c1cccc2cc(Nc3n[nH]c4ncccc34)ccc12)N1CCC(F)(F)CC1. The zero-order valence-electron chi connectivity index (χ0n) is 16.0. The number of carbonyl (C=O) groups excluding carboxylic acids is 1. The molecule has 1 fully saturated rings.